The minimum absolute atomic E-state index is 0.0776. The number of benzene rings is 1. The minimum atomic E-state index is -4.59. The SMILES string of the molecule is COc1cc(C(N)CO)cc(C(F)(F)F)c1OC. The van der Waals surface area contributed by atoms with Crippen molar-refractivity contribution in [3.63, 3.8) is 0 Å². The summed E-state index contributed by atoms with van der Waals surface area (Å²) in [5.41, 5.74) is 4.65. The maximum absolute atomic E-state index is 12.9. The van der Waals surface area contributed by atoms with Crippen LogP contribution in [0.3, 0.4) is 0 Å². The third-order valence-electron chi connectivity index (χ3n) is 2.43. The van der Waals surface area contributed by atoms with Crippen LogP contribution in [0.15, 0.2) is 12.1 Å². The van der Waals surface area contributed by atoms with Crippen LogP contribution in [-0.4, -0.2) is 25.9 Å². The number of aliphatic hydroxyl groups excluding tert-OH is 1. The molecule has 1 aromatic carbocycles. The van der Waals surface area contributed by atoms with Crippen LogP contribution >= 0.6 is 0 Å². The van der Waals surface area contributed by atoms with E-state index < -0.39 is 30.1 Å². The standard InChI is InChI=1S/C11H14F3NO3/c1-17-9-4-6(8(15)5-16)3-7(10(9)18-2)11(12,13)14/h3-4,8,16H,5,15H2,1-2H3. The zero-order valence-corrected chi connectivity index (χ0v) is 9.91. The highest BCUT2D eigenvalue weighted by Gasteiger charge is 2.36. The van der Waals surface area contributed by atoms with Crippen LogP contribution in [0.25, 0.3) is 0 Å². The maximum atomic E-state index is 12.9. The van der Waals surface area contributed by atoms with E-state index in [1.54, 1.807) is 0 Å². The van der Waals surface area contributed by atoms with Crippen LogP contribution in [0, 0.1) is 0 Å². The maximum Gasteiger partial charge on any atom is 0.420 e. The lowest BCUT2D eigenvalue weighted by atomic mass is 10.0. The Morgan fingerprint density at radius 1 is 1.28 bits per heavy atom. The summed E-state index contributed by atoms with van der Waals surface area (Å²) < 4.78 is 48.1. The van der Waals surface area contributed by atoms with Crippen molar-refractivity contribution in [1.82, 2.24) is 0 Å². The number of nitrogens with two attached hydrogens (primary N) is 1. The van der Waals surface area contributed by atoms with Gasteiger partial charge in [0.15, 0.2) is 11.5 Å². The molecule has 7 heteroatoms. The molecule has 4 nitrogen and oxygen atoms in total. The summed E-state index contributed by atoms with van der Waals surface area (Å²) in [4.78, 5) is 0. The molecule has 0 spiro atoms. The minimum Gasteiger partial charge on any atom is -0.493 e. The van der Waals surface area contributed by atoms with E-state index in [9.17, 15) is 13.2 Å². The summed E-state index contributed by atoms with van der Waals surface area (Å²) in [6.45, 7) is -0.465. The molecule has 0 radical (unpaired) electrons. The summed E-state index contributed by atoms with van der Waals surface area (Å²) in [5, 5.41) is 8.89. The Morgan fingerprint density at radius 3 is 2.28 bits per heavy atom. The van der Waals surface area contributed by atoms with Crippen LogP contribution in [0.5, 0.6) is 11.5 Å². The molecule has 0 amide bonds. The number of halogens is 3. The molecule has 1 unspecified atom stereocenters. The highest BCUT2D eigenvalue weighted by atomic mass is 19.4. The van der Waals surface area contributed by atoms with E-state index in [1.165, 1.54) is 13.2 Å². The van der Waals surface area contributed by atoms with Gasteiger partial charge in [-0.15, -0.1) is 0 Å². The van der Waals surface area contributed by atoms with Crippen LogP contribution < -0.4 is 15.2 Å². The summed E-state index contributed by atoms with van der Waals surface area (Å²) in [6, 6.07) is 1.25. The predicted molar refractivity (Wildman–Crippen MR) is 58.6 cm³/mol. The van der Waals surface area contributed by atoms with Crippen molar-refractivity contribution < 1.29 is 27.8 Å². The lowest BCUT2D eigenvalue weighted by Crippen LogP contribution is -2.17. The fourth-order valence-corrected chi connectivity index (χ4v) is 1.52. The predicted octanol–water partition coefficient (Wildman–Crippen LogP) is 1.71. The van der Waals surface area contributed by atoms with Gasteiger partial charge in [0.2, 0.25) is 0 Å². The molecule has 18 heavy (non-hydrogen) atoms. The number of rotatable bonds is 4. The Bertz CT molecular complexity index is 421. The second-order valence-electron chi connectivity index (χ2n) is 3.59. The molecule has 0 bridgehead atoms. The Balaban J connectivity index is 3.46. The highest BCUT2D eigenvalue weighted by molar-refractivity contribution is 5.51. The van der Waals surface area contributed by atoms with E-state index in [1.807, 2.05) is 0 Å². The first-order chi connectivity index (χ1) is 8.35. The monoisotopic (exact) mass is 265 g/mol. The quantitative estimate of drug-likeness (QED) is 0.870. The molecular formula is C11H14F3NO3. The average Bonchev–Trinajstić information content (AvgIpc) is 2.34. The molecule has 0 aromatic heterocycles. The molecular weight excluding hydrogens is 251 g/mol. The zero-order valence-electron chi connectivity index (χ0n) is 9.91. The Morgan fingerprint density at radius 2 is 1.89 bits per heavy atom. The van der Waals surface area contributed by atoms with Crippen molar-refractivity contribution in [2.24, 2.45) is 5.73 Å². The molecule has 1 atom stereocenters. The Kier molecular flexibility index (Phi) is 4.42. The summed E-state index contributed by atoms with van der Waals surface area (Å²) in [6.07, 6.45) is -4.59. The van der Waals surface area contributed by atoms with Gasteiger partial charge in [-0.25, -0.2) is 0 Å². The molecule has 3 N–H and O–H groups in total. The van der Waals surface area contributed by atoms with Gasteiger partial charge in [-0.2, -0.15) is 13.2 Å². The van der Waals surface area contributed by atoms with E-state index in [2.05, 4.69) is 0 Å². The van der Waals surface area contributed by atoms with Crippen molar-refractivity contribution in [2.75, 3.05) is 20.8 Å². The Hall–Kier alpha value is -1.47. The average molecular weight is 265 g/mol. The van der Waals surface area contributed by atoms with Gasteiger partial charge in [0.25, 0.3) is 0 Å². The lowest BCUT2D eigenvalue weighted by Gasteiger charge is -2.18. The van der Waals surface area contributed by atoms with E-state index in [0.717, 1.165) is 13.2 Å². The van der Waals surface area contributed by atoms with Gasteiger partial charge in [-0.3, -0.25) is 0 Å². The lowest BCUT2D eigenvalue weighted by molar-refractivity contribution is -0.139. The van der Waals surface area contributed by atoms with Gasteiger partial charge in [0.1, 0.15) is 5.56 Å². The van der Waals surface area contributed by atoms with Gasteiger partial charge in [0, 0.05) is 0 Å². The first-order valence-electron chi connectivity index (χ1n) is 5.04. The second kappa shape index (κ2) is 5.45. The first kappa shape index (κ1) is 14.6. The normalized spacial score (nSPS) is 13.3. The third-order valence-corrected chi connectivity index (χ3v) is 2.43. The molecule has 102 valence electrons. The molecule has 0 aliphatic heterocycles. The summed E-state index contributed by atoms with van der Waals surface area (Å²) in [7, 11) is 2.35. The molecule has 0 fully saturated rings. The van der Waals surface area contributed by atoms with E-state index >= 15 is 0 Å². The Labute approximate surface area is 102 Å². The van der Waals surface area contributed by atoms with Crippen LogP contribution in [0.1, 0.15) is 17.2 Å². The molecule has 0 saturated carbocycles. The second-order valence-corrected chi connectivity index (χ2v) is 3.59. The van der Waals surface area contributed by atoms with Crippen LogP contribution in [0.4, 0.5) is 13.2 Å². The molecule has 1 rings (SSSR count). The molecule has 0 aliphatic carbocycles. The van der Waals surface area contributed by atoms with Crippen molar-refractivity contribution >= 4 is 0 Å². The van der Waals surface area contributed by atoms with Crippen molar-refractivity contribution in [2.45, 2.75) is 12.2 Å². The molecule has 0 aliphatic rings. The van der Waals surface area contributed by atoms with Gasteiger partial charge in [-0.1, -0.05) is 0 Å². The van der Waals surface area contributed by atoms with Gasteiger partial charge in [0.05, 0.1) is 26.9 Å². The van der Waals surface area contributed by atoms with Crippen molar-refractivity contribution in [3.05, 3.63) is 23.3 Å². The molecule has 1 aromatic rings. The fraction of sp³-hybridized carbons (Fsp3) is 0.455. The van der Waals surface area contributed by atoms with E-state index in [0.29, 0.717) is 0 Å². The van der Waals surface area contributed by atoms with Gasteiger partial charge < -0.3 is 20.3 Å². The van der Waals surface area contributed by atoms with Crippen molar-refractivity contribution in [1.29, 1.82) is 0 Å². The third kappa shape index (κ3) is 2.85. The topological polar surface area (TPSA) is 64.7 Å². The van der Waals surface area contributed by atoms with Gasteiger partial charge in [-0.05, 0) is 17.7 Å². The van der Waals surface area contributed by atoms with Gasteiger partial charge >= 0.3 is 6.18 Å². The number of hydrogen-bond donors (Lipinski definition) is 2. The number of aliphatic hydroxyl groups is 1. The van der Waals surface area contributed by atoms with E-state index in [4.69, 9.17) is 20.3 Å². The smallest absolute Gasteiger partial charge is 0.420 e. The fourth-order valence-electron chi connectivity index (χ4n) is 1.52. The number of hydrogen-bond acceptors (Lipinski definition) is 4. The number of ether oxygens (including phenoxy) is 2. The summed E-state index contributed by atoms with van der Waals surface area (Å²) in [5.74, 6) is -0.481. The first-order valence-corrected chi connectivity index (χ1v) is 5.04. The highest BCUT2D eigenvalue weighted by Crippen LogP contribution is 2.43. The summed E-state index contributed by atoms with van der Waals surface area (Å²) >= 11 is 0. The largest absolute Gasteiger partial charge is 0.493 e. The number of methoxy groups -OCH3 is 2. The number of alkyl halides is 3. The molecule has 0 heterocycles. The van der Waals surface area contributed by atoms with Crippen molar-refractivity contribution in [3.8, 4) is 11.5 Å². The molecule has 0 saturated heterocycles. The zero-order chi connectivity index (χ0) is 13.9. The van der Waals surface area contributed by atoms with Crippen LogP contribution in [0.2, 0.25) is 0 Å². The van der Waals surface area contributed by atoms with E-state index in [-0.39, 0.29) is 11.3 Å². The van der Waals surface area contributed by atoms with Crippen LogP contribution in [-0.2, 0) is 6.18 Å².